The molecule has 2 heterocycles. The molecule has 1 atom stereocenters. The number of aromatic nitrogens is 1. The lowest BCUT2D eigenvalue weighted by Gasteiger charge is -2.26. The van der Waals surface area contributed by atoms with Crippen molar-refractivity contribution in [1.82, 2.24) is 4.57 Å². The predicted octanol–water partition coefficient (Wildman–Crippen LogP) is 7.60. The van der Waals surface area contributed by atoms with Gasteiger partial charge in [-0.25, -0.2) is 9.79 Å². The molecule has 8 nitrogen and oxygen atoms in total. The second kappa shape index (κ2) is 15.0. The minimum atomic E-state index is -0.808. The Morgan fingerprint density at radius 1 is 0.980 bits per heavy atom. The highest BCUT2D eigenvalue weighted by molar-refractivity contribution is 9.10. The first-order valence-corrected chi connectivity index (χ1v) is 17.5. The molecule has 1 aliphatic heterocycles. The zero-order chi connectivity index (χ0) is 34.7. The van der Waals surface area contributed by atoms with Gasteiger partial charge in [-0.05, 0) is 82.0 Å². The quantitative estimate of drug-likeness (QED) is 0.136. The van der Waals surface area contributed by atoms with Gasteiger partial charge in [0.15, 0.2) is 16.3 Å². The Balaban J connectivity index is 1.48. The molecule has 0 amide bonds. The number of fused-ring (bicyclic) bond motifs is 1. The average molecular weight is 781 g/mol. The molecule has 0 N–H and O–H groups in total. The van der Waals surface area contributed by atoms with E-state index in [1.807, 2.05) is 54.6 Å². The third kappa shape index (κ3) is 7.19. The summed E-state index contributed by atoms with van der Waals surface area (Å²) in [6.07, 6.45) is 1.77. The molecular formula is C37H29BrCl2N2O6S. The van der Waals surface area contributed by atoms with Crippen LogP contribution in [0.2, 0.25) is 10.0 Å². The van der Waals surface area contributed by atoms with Gasteiger partial charge in [0.1, 0.15) is 12.4 Å². The van der Waals surface area contributed by atoms with Gasteiger partial charge in [0.25, 0.3) is 5.56 Å². The molecule has 6 rings (SSSR count). The van der Waals surface area contributed by atoms with E-state index in [-0.39, 0.29) is 24.3 Å². The summed E-state index contributed by atoms with van der Waals surface area (Å²) in [5.74, 6) is 1.04. The number of esters is 1. The van der Waals surface area contributed by atoms with Crippen molar-refractivity contribution in [3.8, 4) is 17.2 Å². The first kappa shape index (κ1) is 34.5. The lowest BCUT2D eigenvalue weighted by molar-refractivity contribution is -0.138. The first-order valence-electron chi connectivity index (χ1n) is 15.1. The van der Waals surface area contributed by atoms with Gasteiger partial charge in [0.05, 0.1) is 57.2 Å². The topological polar surface area (TPSA) is 88.4 Å². The second-order valence-corrected chi connectivity index (χ2v) is 13.5. The van der Waals surface area contributed by atoms with E-state index in [9.17, 15) is 9.59 Å². The van der Waals surface area contributed by atoms with Crippen LogP contribution in [0.5, 0.6) is 17.2 Å². The molecule has 0 saturated carbocycles. The zero-order valence-electron chi connectivity index (χ0n) is 26.5. The number of nitrogens with zero attached hydrogens (tertiary/aromatic N) is 2. The van der Waals surface area contributed by atoms with Crippen molar-refractivity contribution in [2.75, 3.05) is 20.8 Å². The maximum atomic E-state index is 14.3. The molecule has 1 aromatic heterocycles. The molecule has 0 aliphatic carbocycles. The minimum absolute atomic E-state index is 0.161. The summed E-state index contributed by atoms with van der Waals surface area (Å²) in [7, 11) is 3.12. The highest BCUT2D eigenvalue weighted by Gasteiger charge is 2.35. The van der Waals surface area contributed by atoms with Crippen LogP contribution in [0, 0.1) is 0 Å². The summed E-state index contributed by atoms with van der Waals surface area (Å²) in [4.78, 5) is 33.3. The number of halogens is 3. The van der Waals surface area contributed by atoms with Crippen LogP contribution in [0.15, 0.2) is 105 Å². The molecule has 12 heteroatoms. The van der Waals surface area contributed by atoms with Crippen molar-refractivity contribution < 1.29 is 23.7 Å². The van der Waals surface area contributed by atoms with Crippen molar-refractivity contribution in [1.29, 1.82) is 0 Å². The summed E-state index contributed by atoms with van der Waals surface area (Å²) < 4.78 is 25.3. The van der Waals surface area contributed by atoms with Crippen molar-refractivity contribution in [2.45, 2.75) is 19.6 Å². The second-order valence-electron chi connectivity index (χ2n) is 10.8. The molecule has 0 unspecified atom stereocenters. The van der Waals surface area contributed by atoms with E-state index in [4.69, 9.17) is 47.1 Å². The number of hydrogen-bond acceptors (Lipinski definition) is 8. The molecule has 1 aliphatic rings. The number of thiazole rings is 1. The highest BCUT2D eigenvalue weighted by atomic mass is 79.9. The van der Waals surface area contributed by atoms with Gasteiger partial charge in [0, 0.05) is 5.56 Å². The molecular weight excluding hydrogens is 751 g/mol. The number of benzene rings is 4. The molecule has 49 heavy (non-hydrogen) atoms. The van der Waals surface area contributed by atoms with E-state index in [0.717, 1.165) is 11.1 Å². The highest BCUT2D eigenvalue weighted by Crippen LogP contribution is 2.38. The van der Waals surface area contributed by atoms with Crippen LogP contribution < -0.4 is 29.1 Å². The van der Waals surface area contributed by atoms with E-state index in [2.05, 4.69) is 15.9 Å². The fourth-order valence-electron chi connectivity index (χ4n) is 5.44. The van der Waals surface area contributed by atoms with Gasteiger partial charge in [-0.3, -0.25) is 9.36 Å². The van der Waals surface area contributed by atoms with Crippen LogP contribution in [0.25, 0.3) is 11.8 Å². The van der Waals surface area contributed by atoms with E-state index < -0.39 is 12.0 Å². The van der Waals surface area contributed by atoms with Gasteiger partial charge in [-0.2, -0.15) is 0 Å². The van der Waals surface area contributed by atoms with Crippen molar-refractivity contribution in [3.63, 3.8) is 0 Å². The number of carbonyl (C=O) groups excluding carboxylic acids is 1. The van der Waals surface area contributed by atoms with Crippen LogP contribution in [-0.2, 0) is 16.1 Å². The molecule has 4 aromatic carbocycles. The number of carbonyl (C=O) groups is 1. The number of hydrogen-bond donors (Lipinski definition) is 0. The Labute approximate surface area is 304 Å². The third-order valence-electron chi connectivity index (χ3n) is 7.72. The summed E-state index contributed by atoms with van der Waals surface area (Å²) in [6.45, 7) is 2.13. The number of rotatable bonds is 10. The lowest BCUT2D eigenvalue weighted by Crippen LogP contribution is -2.40. The molecule has 0 radical (unpaired) electrons. The van der Waals surface area contributed by atoms with Gasteiger partial charge < -0.3 is 18.9 Å². The fraction of sp³-hybridized carbons (Fsp3) is 0.162. The van der Waals surface area contributed by atoms with E-state index in [1.54, 1.807) is 62.1 Å². The van der Waals surface area contributed by atoms with E-state index in [0.29, 0.717) is 57.9 Å². The van der Waals surface area contributed by atoms with E-state index in [1.165, 1.54) is 11.3 Å². The van der Waals surface area contributed by atoms with Crippen LogP contribution in [0.4, 0.5) is 0 Å². The summed E-state index contributed by atoms with van der Waals surface area (Å²) in [5, 5.41) is 0.896. The summed E-state index contributed by atoms with van der Waals surface area (Å²) in [6, 6.07) is 24.8. The molecule has 5 aromatic rings. The first-order chi connectivity index (χ1) is 23.7. The smallest absolute Gasteiger partial charge is 0.338 e. The molecule has 250 valence electrons. The number of methoxy groups -OCH3 is 2. The standard InChI is InChI=1S/C37H29BrCl2N2O6S/c1-4-47-36(44)31-32(23-8-6-5-7-9-23)41-37-42(33(31)24-11-13-25(45-2)14-12-24)35(43)30(49-37)19-22-16-26(38)34(29(18-22)46-3)48-20-21-10-15-27(39)28(40)17-21/h5-19,33H,4,20H2,1-3H3/b30-19-/t33-/m0/s1. The van der Waals surface area contributed by atoms with Crippen LogP contribution >= 0.6 is 50.5 Å². The predicted molar refractivity (Wildman–Crippen MR) is 196 cm³/mol. The van der Waals surface area contributed by atoms with Gasteiger partial charge in [-0.1, -0.05) is 83.1 Å². The van der Waals surface area contributed by atoms with Crippen LogP contribution in [0.1, 0.15) is 35.2 Å². The van der Waals surface area contributed by atoms with Crippen LogP contribution in [-0.4, -0.2) is 31.4 Å². The third-order valence-corrected chi connectivity index (χ3v) is 10.0. The summed E-state index contributed by atoms with van der Waals surface area (Å²) in [5.41, 5.74) is 3.35. The van der Waals surface area contributed by atoms with Gasteiger partial charge >= 0.3 is 5.97 Å². The minimum Gasteiger partial charge on any atom is -0.497 e. The van der Waals surface area contributed by atoms with Gasteiger partial charge in [0.2, 0.25) is 0 Å². The lowest BCUT2D eigenvalue weighted by atomic mass is 9.93. The molecule has 0 spiro atoms. The summed E-state index contributed by atoms with van der Waals surface area (Å²) >= 11 is 17.1. The van der Waals surface area contributed by atoms with Crippen molar-refractivity contribution >= 4 is 68.2 Å². The average Bonchev–Trinajstić information content (AvgIpc) is 3.42. The Kier molecular flexibility index (Phi) is 10.6. The monoisotopic (exact) mass is 778 g/mol. The Bertz CT molecular complexity index is 2250. The largest absolute Gasteiger partial charge is 0.497 e. The molecule has 0 fully saturated rings. The molecule has 0 bridgehead atoms. The maximum Gasteiger partial charge on any atom is 0.338 e. The fourth-order valence-corrected chi connectivity index (χ4v) is 7.34. The normalized spacial score (nSPS) is 14.2. The van der Waals surface area contributed by atoms with Gasteiger partial charge in [-0.15, -0.1) is 0 Å². The number of ether oxygens (including phenoxy) is 4. The maximum absolute atomic E-state index is 14.3. The van der Waals surface area contributed by atoms with Crippen molar-refractivity contribution in [3.05, 3.63) is 147 Å². The Morgan fingerprint density at radius 3 is 2.41 bits per heavy atom. The Morgan fingerprint density at radius 2 is 1.73 bits per heavy atom. The van der Waals surface area contributed by atoms with Crippen molar-refractivity contribution in [2.24, 2.45) is 4.99 Å². The molecule has 0 saturated heterocycles. The zero-order valence-corrected chi connectivity index (χ0v) is 30.5. The van der Waals surface area contributed by atoms with E-state index >= 15 is 0 Å². The Hall–Kier alpha value is -4.35. The van der Waals surface area contributed by atoms with Crippen LogP contribution in [0.3, 0.4) is 0 Å². The SMILES string of the molecule is CCOC(=O)C1=C(c2ccccc2)N=c2s/c(=C\c3cc(Br)c(OCc4ccc(Cl)c(Cl)c4)c(OC)c3)c(=O)n2[C@H]1c1ccc(OC)cc1.